The number of hydrogen-bond donors (Lipinski definition) is 2. The zero-order chi connectivity index (χ0) is 14.5. The molecule has 6 heteroatoms. The Morgan fingerprint density at radius 3 is 2.68 bits per heavy atom. The predicted octanol–water partition coefficient (Wildman–Crippen LogP) is 1.17. The Balaban J connectivity index is 2.54. The summed E-state index contributed by atoms with van der Waals surface area (Å²) < 4.78 is 0. The number of carboxylic acid groups (broad SMARTS) is 1. The molecule has 0 bridgehead atoms. The van der Waals surface area contributed by atoms with Crippen molar-refractivity contribution in [1.29, 1.82) is 0 Å². The molecule has 1 rings (SSSR count). The molecular formula is C13H24N2O3S. The number of rotatable bonds is 6. The number of aliphatic carboxylic acids is 1. The Morgan fingerprint density at radius 1 is 1.42 bits per heavy atom. The van der Waals surface area contributed by atoms with E-state index in [9.17, 15) is 9.59 Å². The standard InChI is InChI=1S/C13H24N2O3S/c1-13(2,5-6-14)4-3-11(16)15-7-8-19-9-10(15)12(17)18/h10H,3-9,14H2,1-2H3,(H,17,18). The number of carbonyl (C=O) groups excluding carboxylic acids is 1. The van der Waals surface area contributed by atoms with Gasteiger partial charge in [0.25, 0.3) is 0 Å². The number of hydrogen-bond acceptors (Lipinski definition) is 4. The van der Waals surface area contributed by atoms with Crippen LogP contribution < -0.4 is 5.73 Å². The summed E-state index contributed by atoms with van der Waals surface area (Å²) in [5.41, 5.74) is 5.59. The lowest BCUT2D eigenvalue weighted by Gasteiger charge is -2.33. The van der Waals surface area contributed by atoms with Gasteiger partial charge in [-0.2, -0.15) is 11.8 Å². The highest BCUT2D eigenvalue weighted by atomic mass is 32.2. The largest absolute Gasteiger partial charge is 0.480 e. The molecule has 3 N–H and O–H groups in total. The van der Waals surface area contributed by atoms with Gasteiger partial charge in [-0.05, 0) is 24.8 Å². The van der Waals surface area contributed by atoms with Crippen LogP contribution in [0.1, 0.15) is 33.1 Å². The Hall–Kier alpha value is -0.750. The summed E-state index contributed by atoms with van der Waals surface area (Å²) in [4.78, 5) is 24.9. The van der Waals surface area contributed by atoms with E-state index in [1.807, 2.05) is 0 Å². The van der Waals surface area contributed by atoms with E-state index in [1.54, 1.807) is 11.8 Å². The second-order valence-corrected chi connectivity index (χ2v) is 6.87. The minimum absolute atomic E-state index is 0.0354. The topological polar surface area (TPSA) is 83.6 Å². The van der Waals surface area contributed by atoms with Crippen LogP contribution in [0, 0.1) is 5.41 Å². The summed E-state index contributed by atoms with van der Waals surface area (Å²) in [7, 11) is 0. The van der Waals surface area contributed by atoms with Gasteiger partial charge in [-0.1, -0.05) is 13.8 Å². The van der Waals surface area contributed by atoms with Gasteiger partial charge >= 0.3 is 5.97 Å². The van der Waals surface area contributed by atoms with E-state index in [0.29, 0.717) is 25.3 Å². The molecule has 0 saturated carbocycles. The molecule has 0 aliphatic carbocycles. The van der Waals surface area contributed by atoms with Gasteiger partial charge in [-0.3, -0.25) is 4.79 Å². The molecule has 1 atom stereocenters. The molecule has 1 unspecified atom stereocenters. The summed E-state index contributed by atoms with van der Waals surface area (Å²) in [6.07, 6.45) is 2.03. The summed E-state index contributed by atoms with van der Waals surface area (Å²) >= 11 is 1.59. The van der Waals surface area contributed by atoms with Crippen molar-refractivity contribution >= 4 is 23.6 Å². The van der Waals surface area contributed by atoms with E-state index in [0.717, 1.165) is 18.6 Å². The minimum atomic E-state index is -0.901. The van der Waals surface area contributed by atoms with Crippen LogP contribution in [-0.2, 0) is 9.59 Å². The van der Waals surface area contributed by atoms with Crippen molar-refractivity contribution in [2.45, 2.75) is 39.2 Å². The van der Waals surface area contributed by atoms with E-state index in [2.05, 4.69) is 13.8 Å². The van der Waals surface area contributed by atoms with Gasteiger partial charge in [-0.15, -0.1) is 0 Å². The Morgan fingerprint density at radius 2 is 2.11 bits per heavy atom. The van der Waals surface area contributed by atoms with Crippen molar-refractivity contribution in [1.82, 2.24) is 4.90 Å². The zero-order valence-electron chi connectivity index (χ0n) is 11.7. The highest BCUT2D eigenvalue weighted by Crippen LogP contribution is 2.27. The van der Waals surface area contributed by atoms with Gasteiger partial charge in [0.1, 0.15) is 6.04 Å². The number of nitrogens with two attached hydrogens (primary N) is 1. The van der Waals surface area contributed by atoms with E-state index in [1.165, 1.54) is 4.90 Å². The van der Waals surface area contributed by atoms with Crippen molar-refractivity contribution in [3.8, 4) is 0 Å². The molecule has 0 aromatic rings. The second kappa shape index (κ2) is 7.14. The van der Waals surface area contributed by atoms with E-state index in [4.69, 9.17) is 10.8 Å². The summed E-state index contributed by atoms with van der Waals surface area (Å²) in [6, 6.07) is -0.663. The molecule has 5 nitrogen and oxygen atoms in total. The fraction of sp³-hybridized carbons (Fsp3) is 0.846. The van der Waals surface area contributed by atoms with Crippen molar-refractivity contribution < 1.29 is 14.7 Å². The van der Waals surface area contributed by atoms with Crippen molar-refractivity contribution in [3.05, 3.63) is 0 Å². The van der Waals surface area contributed by atoms with Crippen LogP contribution in [0.4, 0.5) is 0 Å². The summed E-state index contributed by atoms with van der Waals surface area (Å²) in [6.45, 7) is 5.33. The highest BCUT2D eigenvalue weighted by molar-refractivity contribution is 7.99. The monoisotopic (exact) mass is 288 g/mol. The molecule has 0 radical (unpaired) electrons. The third kappa shape index (κ3) is 5.03. The molecule has 0 aromatic carbocycles. The summed E-state index contributed by atoms with van der Waals surface area (Å²) in [5, 5.41) is 9.15. The van der Waals surface area contributed by atoms with Gasteiger partial charge in [0, 0.05) is 24.5 Å². The van der Waals surface area contributed by atoms with Crippen LogP contribution in [-0.4, -0.2) is 52.5 Å². The van der Waals surface area contributed by atoms with Gasteiger partial charge in [-0.25, -0.2) is 4.79 Å². The van der Waals surface area contributed by atoms with Gasteiger partial charge < -0.3 is 15.7 Å². The molecule has 0 aromatic heterocycles. The van der Waals surface area contributed by atoms with Crippen molar-refractivity contribution in [3.63, 3.8) is 0 Å². The lowest BCUT2D eigenvalue weighted by atomic mass is 9.84. The first-order valence-corrected chi connectivity index (χ1v) is 7.83. The van der Waals surface area contributed by atoms with Crippen LogP contribution in [0.2, 0.25) is 0 Å². The van der Waals surface area contributed by atoms with Crippen LogP contribution in [0.15, 0.2) is 0 Å². The third-order valence-electron chi connectivity index (χ3n) is 3.57. The van der Waals surface area contributed by atoms with E-state index >= 15 is 0 Å². The van der Waals surface area contributed by atoms with Gasteiger partial charge in [0.2, 0.25) is 5.91 Å². The molecule has 1 aliphatic rings. The molecule has 110 valence electrons. The maximum absolute atomic E-state index is 12.2. The smallest absolute Gasteiger partial charge is 0.327 e. The molecule has 19 heavy (non-hydrogen) atoms. The quantitative estimate of drug-likeness (QED) is 0.766. The average molecular weight is 288 g/mol. The third-order valence-corrected chi connectivity index (χ3v) is 4.59. The molecule has 0 spiro atoms. The molecule has 1 amide bonds. The Kier molecular flexibility index (Phi) is 6.13. The van der Waals surface area contributed by atoms with E-state index < -0.39 is 12.0 Å². The lowest BCUT2D eigenvalue weighted by molar-refractivity contribution is -0.149. The number of carboxylic acids is 1. The van der Waals surface area contributed by atoms with E-state index in [-0.39, 0.29) is 11.3 Å². The molecular weight excluding hydrogens is 264 g/mol. The maximum Gasteiger partial charge on any atom is 0.327 e. The van der Waals surface area contributed by atoms with Crippen LogP contribution >= 0.6 is 11.8 Å². The lowest BCUT2D eigenvalue weighted by Crippen LogP contribution is -2.50. The number of nitrogens with zero attached hydrogens (tertiary/aromatic N) is 1. The van der Waals surface area contributed by atoms with Crippen LogP contribution in [0.3, 0.4) is 0 Å². The molecule has 1 fully saturated rings. The minimum Gasteiger partial charge on any atom is -0.480 e. The number of amides is 1. The first-order chi connectivity index (χ1) is 8.87. The average Bonchev–Trinajstić information content (AvgIpc) is 2.36. The Labute approximate surface area is 118 Å². The van der Waals surface area contributed by atoms with Gasteiger partial charge in [0.05, 0.1) is 0 Å². The first kappa shape index (κ1) is 16.3. The number of thioether (sulfide) groups is 1. The fourth-order valence-electron chi connectivity index (χ4n) is 2.21. The number of carbonyl (C=O) groups is 2. The molecule has 1 saturated heterocycles. The van der Waals surface area contributed by atoms with Crippen LogP contribution in [0.5, 0.6) is 0 Å². The first-order valence-electron chi connectivity index (χ1n) is 6.67. The normalized spacial score (nSPS) is 20.4. The van der Waals surface area contributed by atoms with Crippen molar-refractivity contribution in [2.24, 2.45) is 11.1 Å². The van der Waals surface area contributed by atoms with Crippen LogP contribution in [0.25, 0.3) is 0 Å². The highest BCUT2D eigenvalue weighted by Gasteiger charge is 2.32. The van der Waals surface area contributed by atoms with Crippen molar-refractivity contribution in [2.75, 3.05) is 24.6 Å². The molecule has 1 aliphatic heterocycles. The SMILES string of the molecule is CC(C)(CCN)CCC(=O)N1CCSCC1C(=O)O. The maximum atomic E-state index is 12.2. The summed E-state index contributed by atoms with van der Waals surface area (Å²) in [5.74, 6) is 0.370. The fourth-order valence-corrected chi connectivity index (χ4v) is 3.25. The predicted molar refractivity (Wildman–Crippen MR) is 77.1 cm³/mol. The molecule has 1 heterocycles. The Bertz CT molecular complexity index is 334. The zero-order valence-corrected chi connectivity index (χ0v) is 12.5. The second-order valence-electron chi connectivity index (χ2n) is 5.72. The van der Waals surface area contributed by atoms with Gasteiger partial charge in [0.15, 0.2) is 0 Å².